The second kappa shape index (κ2) is 29.6. The summed E-state index contributed by atoms with van der Waals surface area (Å²) < 4.78 is 9.86. The number of ketones is 1. The SMILES string of the molecule is CCOC(=O)CN1CCC(=O)CC1.CCOC(=O)CN1CCC(N2CCN(Cc3ccccc3)CC2)CC1.N.O.[H-].[K+].c1ccc(CN2CCNCC2)cc1. The van der Waals surface area contributed by atoms with E-state index in [-0.39, 0.29) is 76.4 Å². The van der Waals surface area contributed by atoms with Crippen molar-refractivity contribution in [3.8, 4) is 0 Å². The van der Waals surface area contributed by atoms with Gasteiger partial charge in [0, 0.05) is 111 Å². The molecule has 0 aliphatic carbocycles. The molecule has 0 bridgehead atoms. The van der Waals surface area contributed by atoms with Crippen LogP contribution in [0.1, 0.15) is 52.1 Å². The molecule has 0 saturated carbocycles. The van der Waals surface area contributed by atoms with Crippen LogP contribution >= 0.6 is 0 Å². The number of hydrogen-bond donors (Lipinski definition) is 2. The van der Waals surface area contributed by atoms with Crippen LogP contribution in [-0.4, -0.2) is 159 Å². The molecule has 4 aliphatic heterocycles. The van der Waals surface area contributed by atoms with Crippen molar-refractivity contribution in [2.75, 3.05) is 105 Å². The Morgan fingerprint density at radius 1 is 0.648 bits per heavy atom. The summed E-state index contributed by atoms with van der Waals surface area (Å²) in [7, 11) is 0. The number of hydrogen-bond acceptors (Lipinski definition) is 12. The number of piperidine rings is 2. The van der Waals surface area contributed by atoms with Crippen molar-refractivity contribution in [2.24, 2.45) is 0 Å². The summed E-state index contributed by atoms with van der Waals surface area (Å²) in [6, 6.07) is 22.1. The van der Waals surface area contributed by atoms with E-state index < -0.39 is 0 Å². The van der Waals surface area contributed by atoms with Crippen LogP contribution in [0, 0.1) is 0 Å². The summed E-state index contributed by atoms with van der Waals surface area (Å²) in [6.07, 6.45) is 3.47. The number of nitrogens with one attached hydrogen (secondary N) is 1. The fourth-order valence-electron chi connectivity index (χ4n) is 7.02. The van der Waals surface area contributed by atoms with E-state index in [1.165, 1.54) is 24.2 Å². The van der Waals surface area contributed by atoms with Gasteiger partial charge in [0.05, 0.1) is 26.3 Å². The molecule has 0 spiro atoms. The number of rotatable bonds is 11. The van der Waals surface area contributed by atoms with Crippen LogP contribution in [0.4, 0.5) is 0 Å². The van der Waals surface area contributed by atoms with Crippen molar-refractivity contribution >= 4 is 17.7 Å². The maximum Gasteiger partial charge on any atom is 1.00 e. The topological polar surface area (TPSA) is 164 Å². The van der Waals surface area contributed by atoms with Gasteiger partial charge in [-0.2, -0.15) is 0 Å². The quantitative estimate of drug-likeness (QED) is 0.224. The molecule has 0 radical (unpaired) electrons. The van der Waals surface area contributed by atoms with E-state index in [4.69, 9.17) is 9.47 Å². The number of Topliss-reactive ketones (excluding diaryl/α,β-unsaturated/α-hetero) is 1. The largest absolute Gasteiger partial charge is 1.00 e. The first-order chi connectivity index (χ1) is 24.9. The fourth-order valence-corrected chi connectivity index (χ4v) is 7.02. The third-order valence-corrected chi connectivity index (χ3v) is 9.92. The second-order valence-electron chi connectivity index (χ2n) is 13.7. The van der Waals surface area contributed by atoms with Gasteiger partial charge >= 0.3 is 63.3 Å². The van der Waals surface area contributed by atoms with Crippen LogP contribution < -0.4 is 62.9 Å². The number of piperazine rings is 2. The number of ether oxygens (including phenoxy) is 2. The maximum absolute atomic E-state index is 11.6. The number of benzene rings is 2. The number of carbonyl (C=O) groups is 3. The molecule has 6 rings (SSSR count). The Balaban J connectivity index is 0.000000833. The van der Waals surface area contributed by atoms with Crippen LogP contribution in [0.25, 0.3) is 0 Å². The van der Waals surface area contributed by atoms with E-state index in [1.807, 2.05) is 11.8 Å². The molecule has 4 saturated heterocycles. The molecule has 0 amide bonds. The minimum atomic E-state index is -0.197. The summed E-state index contributed by atoms with van der Waals surface area (Å²) in [4.78, 5) is 45.4. The summed E-state index contributed by atoms with van der Waals surface area (Å²) in [5, 5.41) is 3.36. The molecule has 0 atom stereocenters. The molecule has 0 unspecified atom stereocenters. The molecule has 300 valence electrons. The van der Waals surface area contributed by atoms with Crippen molar-refractivity contribution in [1.29, 1.82) is 0 Å². The number of carbonyl (C=O) groups excluding carboxylic acids is 3. The number of nitrogens with zero attached hydrogens (tertiary/aromatic N) is 5. The molecule has 4 aliphatic rings. The average molecular weight is 782 g/mol. The van der Waals surface area contributed by atoms with Crippen LogP contribution in [0.15, 0.2) is 60.7 Å². The molecule has 2 aromatic carbocycles. The van der Waals surface area contributed by atoms with E-state index in [1.54, 1.807) is 6.92 Å². The van der Waals surface area contributed by atoms with Gasteiger partial charge in [0.15, 0.2) is 0 Å². The number of likely N-dealkylation sites (tertiary alicyclic amines) is 2. The van der Waals surface area contributed by atoms with Crippen LogP contribution in [0.2, 0.25) is 0 Å². The van der Waals surface area contributed by atoms with E-state index in [2.05, 4.69) is 85.6 Å². The number of esters is 2. The van der Waals surface area contributed by atoms with Gasteiger partial charge < -0.3 is 27.8 Å². The summed E-state index contributed by atoms with van der Waals surface area (Å²) in [5.41, 5.74) is 2.83. The Morgan fingerprint density at radius 2 is 1.07 bits per heavy atom. The van der Waals surface area contributed by atoms with Crippen molar-refractivity contribution in [3.63, 3.8) is 0 Å². The fraction of sp³-hybridized carbons (Fsp3) is 0.625. The van der Waals surface area contributed by atoms with Crippen LogP contribution in [0.5, 0.6) is 0 Å². The van der Waals surface area contributed by atoms with Gasteiger partial charge in [0.1, 0.15) is 5.78 Å². The molecule has 54 heavy (non-hydrogen) atoms. The van der Waals surface area contributed by atoms with Crippen molar-refractivity contribution in [1.82, 2.24) is 36.0 Å². The predicted octanol–water partition coefficient (Wildman–Crippen LogP) is -0.408. The van der Waals surface area contributed by atoms with E-state index in [0.717, 1.165) is 78.3 Å². The first-order valence-corrected chi connectivity index (χ1v) is 19.2. The Morgan fingerprint density at radius 3 is 1.52 bits per heavy atom. The minimum absolute atomic E-state index is 0. The van der Waals surface area contributed by atoms with E-state index in [9.17, 15) is 14.4 Å². The summed E-state index contributed by atoms with van der Waals surface area (Å²) in [6.45, 7) is 20.1. The third kappa shape index (κ3) is 20.0. The molecule has 2 aromatic rings. The van der Waals surface area contributed by atoms with Crippen molar-refractivity contribution in [3.05, 3.63) is 71.8 Å². The van der Waals surface area contributed by atoms with Crippen molar-refractivity contribution in [2.45, 2.75) is 58.7 Å². The van der Waals surface area contributed by atoms with Gasteiger partial charge in [-0.3, -0.25) is 38.9 Å². The Bertz CT molecular complexity index is 1270. The van der Waals surface area contributed by atoms with Gasteiger partial charge in [-0.25, -0.2) is 0 Å². The van der Waals surface area contributed by atoms with Crippen LogP contribution in [0.3, 0.4) is 0 Å². The van der Waals surface area contributed by atoms with Gasteiger partial charge in [0.2, 0.25) is 0 Å². The molecule has 6 N–H and O–H groups in total. The van der Waals surface area contributed by atoms with Gasteiger partial charge in [0.25, 0.3) is 0 Å². The minimum Gasteiger partial charge on any atom is -1.00 e. The average Bonchev–Trinajstić information content (AvgIpc) is 3.15. The Labute approximate surface area is 368 Å². The van der Waals surface area contributed by atoms with Gasteiger partial charge in [-0.15, -0.1) is 0 Å². The maximum atomic E-state index is 11.6. The molecule has 13 nitrogen and oxygen atoms in total. The first-order valence-electron chi connectivity index (χ1n) is 19.2. The van der Waals surface area contributed by atoms with Crippen molar-refractivity contribution < 1.29 is 82.1 Å². The molecule has 4 heterocycles. The molecular weight excluding hydrogens is 714 g/mol. The van der Waals surface area contributed by atoms with Gasteiger partial charge in [-0.1, -0.05) is 60.7 Å². The first kappa shape index (κ1) is 50.4. The third-order valence-electron chi connectivity index (χ3n) is 9.92. The zero-order chi connectivity index (χ0) is 36.1. The van der Waals surface area contributed by atoms with E-state index >= 15 is 0 Å². The molecular formula is C40H68KN7O6. The molecule has 0 aromatic heterocycles. The normalized spacial score (nSPS) is 18.9. The standard InChI is InChI=1S/C20H31N3O2.C11H16N2.C9H15NO3.K.H3N.H2O.H/c1-2-25-20(24)17-21-10-8-19(9-11-21)23-14-12-22(13-15-23)16-18-6-4-3-5-7-18;1-2-4-11(5-3-1)10-13-8-6-12-7-9-13;1-2-13-9(12)7-10-5-3-8(11)4-6-10;;;;/h3-7,19H,2,8-17H2,1H3;1-5,12H,6-10H2;2-7H2,1H3;;1H3;1H2;/q;;;+1;;;-1. The Kier molecular flexibility index (Phi) is 27.6. The molecule has 4 fully saturated rings. The zero-order valence-corrected chi connectivity index (χ0v) is 36.5. The zero-order valence-electron chi connectivity index (χ0n) is 34.4. The predicted molar refractivity (Wildman–Crippen MR) is 211 cm³/mol. The van der Waals surface area contributed by atoms with Crippen LogP contribution in [-0.2, 0) is 36.9 Å². The smallest absolute Gasteiger partial charge is 1.00 e. The summed E-state index contributed by atoms with van der Waals surface area (Å²) >= 11 is 0. The second-order valence-corrected chi connectivity index (χ2v) is 13.7. The Hall–Kier alpha value is -1.63. The van der Waals surface area contributed by atoms with E-state index in [0.29, 0.717) is 64.1 Å². The van der Waals surface area contributed by atoms with Gasteiger partial charge in [-0.05, 0) is 37.8 Å². The molecule has 14 heteroatoms. The monoisotopic (exact) mass is 781 g/mol. The summed E-state index contributed by atoms with van der Waals surface area (Å²) in [5.74, 6) is 0.00688.